The fourth-order valence-electron chi connectivity index (χ4n) is 0.962. The van der Waals surface area contributed by atoms with Gasteiger partial charge in [0.05, 0.1) is 6.42 Å². The van der Waals surface area contributed by atoms with Crippen LogP contribution in [0.2, 0.25) is 0 Å². The molecule has 70 valence electrons. The van der Waals surface area contributed by atoms with Gasteiger partial charge in [0.2, 0.25) is 5.91 Å². The SMILES string of the molecule is CC(F)(F)C1NC(=O)CC(O)N1. The Labute approximate surface area is 67.9 Å². The van der Waals surface area contributed by atoms with Gasteiger partial charge >= 0.3 is 0 Å². The second-order valence-corrected chi connectivity index (χ2v) is 2.84. The van der Waals surface area contributed by atoms with E-state index in [-0.39, 0.29) is 6.42 Å². The standard InChI is InChI=1S/C6H10F2N2O2/c1-6(7,8)5-9-3(11)2-4(12)10-5/h3,5,9,11H,2H2,1H3,(H,10,12). The molecule has 1 fully saturated rings. The molecule has 1 aliphatic heterocycles. The summed E-state index contributed by atoms with van der Waals surface area (Å²) in [7, 11) is 0. The number of amides is 1. The molecule has 4 nitrogen and oxygen atoms in total. The number of carbonyl (C=O) groups excluding carboxylic acids is 1. The summed E-state index contributed by atoms with van der Waals surface area (Å²) in [6.45, 7) is 0.670. The number of carbonyl (C=O) groups is 1. The third-order valence-corrected chi connectivity index (χ3v) is 1.55. The summed E-state index contributed by atoms with van der Waals surface area (Å²) < 4.78 is 25.1. The average Bonchev–Trinajstić information content (AvgIpc) is 1.82. The van der Waals surface area contributed by atoms with E-state index in [4.69, 9.17) is 5.11 Å². The van der Waals surface area contributed by atoms with Crippen molar-refractivity contribution in [3.63, 3.8) is 0 Å². The molecule has 1 aliphatic rings. The first kappa shape index (κ1) is 9.34. The van der Waals surface area contributed by atoms with Crippen LogP contribution in [0, 0.1) is 0 Å². The fourth-order valence-corrected chi connectivity index (χ4v) is 0.962. The molecule has 0 aliphatic carbocycles. The Balaban J connectivity index is 2.62. The number of rotatable bonds is 1. The van der Waals surface area contributed by atoms with Crippen molar-refractivity contribution in [2.45, 2.75) is 31.7 Å². The molecule has 1 saturated heterocycles. The lowest BCUT2D eigenvalue weighted by Crippen LogP contribution is -2.62. The van der Waals surface area contributed by atoms with Gasteiger partial charge in [-0.1, -0.05) is 0 Å². The Bertz CT molecular complexity index is 192. The number of nitrogens with one attached hydrogen (secondary N) is 2. The van der Waals surface area contributed by atoms with Crippen molar-refractivity contribution in [3.05, 3.63) is 0 Å². The predicted molar refractivity (Wildman–Crippen MR) is 36.3 cm³/mol. The maximum atomic E-state index is 12.6. The minimum absolute atomic E-state index is 0.188. The van der Waals surface area contributed by atoms with Gasteiger partial charge in [-0.3, -0.25) is 10.1 Å². The molecule has 1 heterocycles. The zero-order valence-corrected chi connectivity index (χ0v) is 6.47. The highest BCUT2D eigenvalue weighted by Gasteiger charge is 2.39. The Kier molecular flexibility index (Phi) is 2.29. The lowest BCUT2D eigenvalue weighted by molar-refractivity contribution is -0.136. The monoisotopic (exact) mass is 180 g/mol. The van der Waals surface area contributed by atoms with E-state index in [0.29, 0.717) is 6.92 Å². The third-order valence-electron chi connectivity index (χ3n) is 1.55. The van der Waals surface area contributed by atoms with Gasteiger partial charge in [0.1, 0.15) is 12.4 Å². The van der Waals surface area contributed by atoms with Gasteiger partial charge in [0.25, 0.3) is 5.92 Å². The first-order valence-corrected chi connectivity index (χ1v) is 3.51. The molecule has 2 atom stereocenters. The second kappa shape index (κ2) is 2.95. The van der Waals surface area contributed by atoms with Crippen LogP contribution in [0.25, 0.3) is 0 Å². The summed E-state index contributed by atoms with van der Waals surface area (Å²) in [4.78, 5) is 10.7. The van der Waals surface area contributed by atoms with Gasteiger partial charge in [-0.05, 0) is 0 Å². The highest BCUT2D eigenvalue weighted by Crippen LogP contribution is 2.17. The Morgan fingerprint density at radius 3 is 2.67 bits per heavy atom. The number of hydrogen-bond donors (Lipinski definition) is 3. The van der Waals surface area contributed by atoms with Crippen LogP contribution in [-0.4, -0.2) is 29.3 Å². The van der Waals surface area contributed by atoms with Gasteiger partial charge in [-0.25, -0.2) is 8.78 Å². The molecule has 1 amide bonds. The minimum atomic E-state index is -3.07. The number of hydrogen-bond acceptors (Lipinski definition) is 3. The van der Waals surface area contributed by atoms with Crippen LogP contribution in [0.1, 0.15) is 13.3 Å². The number of alkyl halides is 2. The molecule has 0 aromatic heterocycles. The highest BCUT2D eigenvalue weighted by atomic mass is 19.3. The fraction of sp³-hybridized carbons (Fsp3) is 0.833. The first-order valence-electron chi connectivity index (χ1n) is 3.51. The van der Waals surface area contributed by atoms with Crippen molar-refractivity contribution in [1.29, 1.82) is 0 Å². The zero-order chi connectivity index (χ0) is 9.35. The molecule has 2 unspecified atom stereocenters. The van der Waals surface area contributed by atoms with Crippen molar-refractivity contribution >= 4 is 5.91 Å². The lowest BCUT2D eigenvalue weighted by Gasteiger charge is -2.32. The van der Waals surface area contributed by atoms with Crippen LogP contribution in [-0.2, 0) is 4.79 Å². The van der Waals surface area contributed by atoms with E-state index in [9.17, 15) is 13.6 Å². The van der Waals surface area contributed by atoms with E-state index in [2.05, 4.69) is 5.32 Å². The van der Waals surface area contributed by atoms with Crippen LogP contribution in [0.4, 0.5) is 8.78 Å². The second-order valence-electron chi connectivity index (χ2n) is 2.84. The first-order chi connectivity index (χ1) is 5.39. The van der Waals surface area contributed by atoms with Crippen molar-refractivity contribution in [2.24, 2.45) is 0 Å². The maximum Gasteiger partial charge on any atom is 0.278 e. The molecule has 6 heteroatoms. The molecule has 12 heavy (non-hydrogen) atoms. The van der Waals surface area contributed by atoms with Crippen molar-refractivity contribution in [3.8, 4) is 0 Å². The minimum Gasteiger partial charge on any atom is -0.378 e. The zero-order valence-electron chi connectivity index (χ0n) is 6.47. The van der Waals surface area contributed by atoms with Gasteiger partial charge in [-0.2, -0.15) is 0 Å². The summed E-state index contributed by atoms with van der Waals surface area (Å²) in [5.41, 5.74) is 0. The molecule has 0 aromatic carbocycles. The summed E-state index contributed by atoms with van der Waals surface area (Å²) >= 11 is 0. The molecule has 0 spiro atoms. The quantitative estimate of drug-likeness (QED) is 0.504. The Morgan fingerprint density at radius 2 is 2.25 bits per heavy atom. The molecule has 0 aromatic rings. The van der Waals surface area contributed by atoms with Crippen LogP contribution in [0.15, 0.2) is 0 Å². The average molecular weight is 180 g/mol. The largest absolute Gasteiger partial charge is 0.378 e. The normalized spacial score (nSPS) is 31.5. The van der Waals surface area contributed by atoms with Gasteiger partial charge in [0.15, 0.2) is 0 Å². The molecular formula is C6H10F2N2O2. The van der Waals surface area contributed by atoms with E-state index in [0.717, 1.165) is 0 Å². The number of aliphatic hydroxyl groups is 1. The lowest BCUT2D eigenvalue weighted by atomic mass is 10.2. The summed E-state index contributed by atoms with van der Waals surface area (Å²) in [6, 6.07) is 0. The van der Waals surface area contributed by atoms with Gasteiger partial charge in [0, 0.05) is 6.92 Å². The third kappa shape index (κ3) is 2.12. The molecular weight excluding hydrogens is 170 g/mol. The van der Waals surface area contributed by atoms with Gasteiger partial charge < -0.3 is 10.4 Å². The van der Waals surface area contributed by atoms with Crippen molar-refractivity contribution < 1.29 is 18.7 Å². The van der Waals surface area contributed by atoms with E-state index in [1.807, 2.05) is 5.32 Å². The molecule has 0 bridgehead atoms. The van der Waals surface area contributed by atoms with Gasteiger partial charge in [-0.15, -0.1) is 0 Å². The topological polar surface area (TPSA) is 61.4 Å². The van der Waals surface area contributed by atoms with E-state index < -0.39 is 24.2 Å². The van der Waals surface area contributed by atoms with E-state index in [1.54, 1.807) is 0 Å². The summed E-state index contributed by atoms with van der Waals surface area (Å²) in [6.07, 6.45) is -2.85. The maximum absolute atomic E-state index is 12.6. The predicted octanol–water partition coefficient (Wildman–Crippen LogP) is -0.604. The number of aliphatic hydroxyl groups excluding tert-OH is 1. The van der Waals surface area contributed by atoms with Crippen LogP contribution >= 0.6 is 0 Å². The smallest absolute Gasteiger partial charge is 0.278 e. The van der Waals surface area contributed by atoms with Crippen molar-refractivity contribution in [2.75, 3.05) is 0 Å². The van der Waals surface area contributed by atoms with Crippen LogP contribution in [0.5, 0.6) is 0 Å². The summed E-state index contributed by atoms with van der Waals surface area (Å²) in [5, 5.41) is 13.1. The highest BCUT2D eigenvalue weighted by molar-refractivity contribution is 5.77. The van der Waals surface area contributed by atoms with Crippen LogP contribution < -0.4 is 10.6 Å². The number of halogens is 2. The van der Waals surface area contributed by atoms with E-state index >= 15 is 0 Å². The molecule has 0 radical (unpaired) electrons. The Morgan fingerprint density at radius 1 is 1.67 bits per heavy atom. The summed E-state index contributed by atoms with van der Waals surface area (Å²) in [5.74, 6) is -3.65. The van der Waals surface area contributed by atoms with Crippen LogP contribution in [0.3, 0.4) is 0 Å². The van der Waals surface area contributed by atoms with E-state index in [1.165, 1.54) is 0 Å². The Hall–Kier alpha value is -0.750. The van der Waals surface area contributed by atoms with Crippen molar-refractivity contribution in [1.82, 2.24) is 10.6 Å². The molecule has 3 N–H and O–H groups in total. The molecule has 0 saturated carbocycles. The molecule has 1 rings (SSSR count).